The van der Waals surface area contributed by atoms with Gasteiger partial charge < -0.3 is 15.2 Å². The number of hydrogen-bond donors (Lipinski definition) is 2. The van der Waals surface area contributed by atoms with Crippen molar-refractivity contribution in [2.24, 2.45) is 5.41 Å². The number of amides is 1. The third-order valence-corrected chi connectivity index (χ3v) is 4.62. The molecule has 1 aliphatic rings. The highest BCUT2D eigenvalue weighted by Crippen LogP contribution is 2.44. The molecular weight excluding hydrogens is 333 g/mol. The first-order valence-corrected chi connectivity index (χ1v) is 7.88. The average Bonchev–Trinajstić information content (AvgIpc) is 2.52. The Morgan fingerprint density at radius 2 is 2.12 bits per heavy atom. The first-order valence-electron chi connectivity index (χ1n) is 7.50. The van der Waals surface area contributed by atoms with Gasteiger partial charge in [0.25, 0.3) is 0 Å². The highest BCUT2D eigenvalue weighted by Gasteiger charge is 2.38. The van der Waals surface area contributed by atoms with E-state index in [1.165, 1.54) is 6.07 Å². The minimum atomic E-state index is -1.09. The number of carbonyl (C=O) groups is 1. The van der Waals surface area contributed by atoms with Gasteiger partial charge in [0.05, 0.1) is 17.7 Å². The average molecular weight is 350 g/mol. The van der Waals surface area contributed by atoms with Gasteiger partial charge in [0.2, 0.25) is 0 Å². The predicted molar refractivity (Wildman–Crippen MR) is 90.0 cm³/mol. The van der Waals surface area contributed by atoms with E-state index < -0.39 is 18.0 Å². The van der Waals surface area contributed by atoms with Crippen molar-refractivity contribution in [3.05, 3.63) is 52.8 Å². The van der Waals surface area contributed by atoms with Gasteiger partial charge in [-0.05, 0) is 17.7 Å². The van der Waals surface area contributed by atoms with Crippen LogP contribution in [0.3, 0.4) is 0 Å². The molecule has 0 spiro atoms. The summed E-state index contributed by atoms with van der Waals surface area (Å²) in [7, 11) is 0. The summed E-state index contributed by atoms with van der Waals surface area (Å²) in [4.78, 5) is 11.1. The number of halogens is 2. The zero-order valence-electron chi connectivity index (χ0n) is 13.3. The normalized spacial score (nSPS) is 18.4. The molecule has 0 saturated heterocycles. The molecule has 1 heterocycles. The Morgan fingerprint density at radius 1 is 1.38 bits per heavy atom. The number of fused-ring (bicyclic) bond motifs is 1. The maximum Gasteiger partial charge on any atom is 0.405 e. The van der Waals surface area contributed by atoms with E-state index in [0.717, 1.165) is 5.56 Å². The summed E-state index contributed by atoms with van der Waals surface area (Å²) in [5.74, 6) is 0.0882. The fraction of sp³-hybridized carbons (Fsp3) is 0.278. The molecule has 0 aliphatic carbocycles. The van der Waals surface area contributed by atoms with Crippen molar-refractivity contribution in [1.29, 1.82) is 0 Å². The Labute approximate surface area is 144 Å². The highest BCUT2D eigenvalue weighted by molar-refractivity contribution is 6.33. The summed E-state index contributed by atoms with van der Waals surface area (Å²) in [6.45, 7) is 4.24. The SMILES string of the molecule is CC1(C)COc2cc(-c3cccc(F)c3Cl)ccc2C1NC(=O)O. The molecule has 4 nitrogen and oxygen atoms in total. The van der Waals surface area contributed by atoms with Gasteiger partial charge in [-0.3, -0.25) is 0 Å². The summed E-state index contributed by atoms with van der Waals surface area (Å²) >= 11 is 6.05. The summed E-state index contributed by atoms with van der Waals surface area (Å²) in [5, 5.41) is 11.7. The van der Waals surface area contributed by atoms with Crippen molar-refractivity contribution in [3.63, 3.8) is 0 Å². The standard InChI is InChI=1S/C18H17ClFNO3/c1-18(2)9-24-14-8-10(11-4-3-5-13(20)15(11)19)6-7-12(14)16(18)21-17(22)23/h3-8,16,21H,9H2,1-2H3,(H,22,23). The fourth-order valence-corrected chi connectivity index (χ4v) is 3.19. The van der Waals surface area contributed by atoms with Crippen LogP contribution in [0.15, 0.2) is 36.4 Å². The van der Waals surface area contributed by atoms with Crippen molar-refractivity contribution < 1.29 is 19.0 Å². The second-order valence-corrected chi connectivity index (χ2v) is 6.89. The highest BCUT2D eigenvalue weighted by atomic mass is 35.5. The maximum atomic E-state index is 13.7. The molecule has 2 N–H and O–H groups in total. The summed E-state index contributed by atoms with van der Waals surface area (Å²) in [5.41, 5.74) is 1.65. The lowest BCUT2D eigenvalue weighted by molar-refractivity contribution is 0.0996. The van der Waals surface area contributed by atoms with Crippen molar-refractivity contribution in [3.8, 4) is 16.9 Å². The topological polar surface area (TPSA) is 58.6 Å². The zero-order chi connectivity index (χ0) is 17.5. The lowest BCUT2D eigenvalue weighted by atomic mass is 9.78. The van der Waals surface area contributed by atoms with E-state index in [0.29, 0.717) is 23.5 Å². The Hall–Kier alpha value is -2.27. The number of carboxylic acid groups (broad SMARTS) is 1. The summed E-state index contributed by atoms with van der Waals surface area (Å²) in [6, 6.07) is 9.59. The molecule has 2 aromatic rings. The first kappa shape index (κ1) is 16.6. The second kappa shape index (κ2) is 5.98. The Bertz CT molecular complexity index is 807. The van der Waals surface area contributed by atoms with Gasteiger partial charge >= 0.3 is 6.09 Å². The number of rotatable bonds is 2. The van der Waals surface area contributed by atoms with Gasteiger partial charge in [-0.2, -0.15) is 0 Å². The molecule has 1 aliphatic heterocycles. The maximum absolute atomic E-state index is 13.7. The summed E-state index contributed by atoms with van der Waals surface area (Å²) < 4.78 is 19.5. The van der Waals surface area contributed by atoms with Crippen LogP contribution in [-0.2, 0) is 0 Å². The van der Waals surface area contributed by atoms with E-state index in [-0.39, 0.29) is 10.4 Å². The van der Waals surface area contributed by atoms with Crippen LogP contribution in [0, 0.1) is 11.2 Å². The summed E-state index contributed by atoms with van der Waals surface area (Å²) in [6.07, 6.45) is -1.09. The Morgan fingerprint density at radius 3 is 2.83 bits per heavy atom. The molecule has 1 atom stereocenters. The fourth-order valence-electron chi connectivity index (χ4n) is 2.96. The third-order valence-electron chi connectivity index (χ3n) is 4.24. The number of nitrogens with one attached hydrogen (secondary N) is 1. The number of hydrogen-bond acceptors (Lipinski definition) is 2. The van der Waals surface area contributed by atoms with Gasteiger partial charge in [0.1, 0.15) is 11.6 Å². The molecule has 0 fully saturated rings. The third kappa shape index (κ3) is 2.91. The van der Waals surface area contributed by atoms with Gasteiger partial charge in [0.15, 0.2) is 0 Å². The smallest absolute Gasteiger partial charge is 0.405 e. The lowest BCUT2D eigenvalue weighted by Gasteiger charge is -2.39. The molecule has 1 unspecified atom stereocenters. The van der Waals surface area contributed by atoms with Crippen LogP contribution in [0.4, 0.5) is 9.18 Å². The second-order valence-electron chi connectivity index (χ2n) is 6.51. The molecule has 126 valence electrons. The van der Waals surface area contributed by atoms with Crippen LogP contribution >= 0.6 is 11.6 Å². The van der Waals surface area contributed by atoms with Crippen molar-refractivity contribution in [1.82, 2.24) is 5.32 Å². The largest absolute Gasteiger partial charge is 0.493 e. The van der Waals surface area contributed by atoms with Crippen molar-refractivity contribution >= 4 is 17.7 Å². The van der Waals surface area contributed by atoms with Crippen LogP contribution in [0.25, 0.3) is 11.1 Å². The Kier molecular flexibility index (Phi) is 4.13. The Balaban J connectivity index is 2.06. The molecule has 24 heavy (non-hydrogen) atoms. The zero-order valence-corrected chi connectivity index (χ0v) is 14.0. The van der Waals surface area contributed by atoms with Crippen LogP contribution in [0.1, 0.15) is 25.5 Å². The molecule has 1 amide bonds. The molecule has 2 aromatic carbocycles. The van der Waals surface area contributed by atoms with E-state index in [1.54, 1.807) is 30.3 Å². The quantitative estimate of drug-likeness (QED) is 0.812. The van der Waals surface area contributed by atoms with E-state index in [2.05, 4.69) is 5.32 Å². The molecular formula is C18H17ClFNO3. The van der Waals surface area contributed by atoms with E-state index in [1.807, 2.05) is 13.8 Å². The van der Waals surface area contributed by atoms with Crippen LogP contribution in [0.2, 0.25) is 5.02 Å². The molecule has 0 bridgehead atoms. The van der Waals surface area contributed by atoms with Crippen LogP contribution in [-0.4, -0.2) is 17.8 Å². The minimum Gasteiger partial charge on any atom is -0.493 e. The first-order chi connectivity index (χ1) is 11.3. The van der Waals surface area contributed by atoms with Crippen LogP contribution < -0.4 is 10.1 Å². The molecule has 0 saturated carbocycles. The predicted octanol–water partition coefficient (Wildman–Crippen LogP) is 4.87. The van der Waals surface area contributed by atoms with E-state index >= 15 is 0 Å². The molecule has 0 radical (unpaired) electrons. The van der Waals surface area contributed by atoms with E-state index in [4.69, 9.17) is 21.4 Å². The number of benzene rings is 2. The lowest BCUT2D eigenvalue weighted by Crippen LogP contribution is -2.43. The number of ether oxygens (including phenoxy) is 1. The minimum absolute atomic E-state index is 0.0498. The van der Waals surface area contributed by atoms with Gasteiger partial charge in [-0.25, -0.2) is 9.18 Å². The molecule has 6 heteroatoms. The van der Waals surface area contributed by atoms with Gasteiger partial charge in [-0.1, -0.05) is 49.7 Å². The van der Waals surface area contributed by atoms with Gasteiger partial charge in [0, 0.05) is 16.5 Å². The monoisotopic (exact) mass is 349 g/mol. The molecule has 0 aromatic heterocycles. The molecule has 3 rings (SSSR count). The van der Waals surface area contributed by atoms with Crippen molar-refractivity contribution in [2.75, 3.05) is 6.61 Å². The van der Waals surface area contributed by atoms with Crippen molar-refractivity contribution in [2.45, 2.75) is 19.9 Å². The van der Waals surface area contributed by atoms with Gasteiger partial charge in [-0.15, -0.1) is 0 Å². The van der Waals surface area contributed by atoms with E-state index in [9.17, 15) is 9.18 Å². The van der Waals surface area contributed by atoms with Crippen LogP contribution in [0.5, 0.6) is 5.75 Å².